The van der Waals surface area contributed by atoms with Crippen molar-refractivity contribution in [2.45, 2.75) is 12.8 Å². The average molecular weight is 446 g/mol. The number of hydrogen-bond donors (Lipinski definition) is 2. The number of halogens is 1. The Bertz CT molecular complexity index is 1210. The fraction of sp³-hybridized carbons (Fsp3) is 0.250. The van der Waals surface area contributed by atoms with Gasteiger partial charge in [-0.05, 0) is 49.2 Å². The summed E-state index contributed by atoms with van der Waals surface area (Å²) in [6.45, 7) is 1.18. The number of nitrogens with one attached hydrogen (secondary N) is 1. The molecule has 1 aliphatic heterocycles. The van der Waals surface area contributed by atoms with Crippen LogP contribution in [0.4, 0.5) is 21.8 Å². The van der Waals surface area contributed by atoms with Gasteiger partial charge >= 0.3 is 0 Å². The monoisotopic (exact) mass is 446 g/mol. The van der Waals surface area contributed by atoms with Crippen LogP contribution in [0.25, 0.3) is 11.3 Å². The predicted molar refractivity (Wildman–Crippen MR) is 123 cm³/mol. The van der Waals surface area contributed by atoms with E-state index in [-0.39, 0.29) is 23.3 Å². The number of carbonyl (C=O) groups excluding carboxylic acids is 1. The Morgan fingerprint density at radius 3 is 2.73 bits per heavy atom. The van der Waals surface area contributed by atoms with Crippen molar-refractivity contribution in [2.75, 3.05) is 36.1 Å². The van der Waals surface area contributed by atoms with E-state index in [4.69, 9.17) is 15.7 Å². The minimum atomic E-state index is -0.623. The summed E-state index contributed by atoms with van der Waals surface area (Å²) < 4.78 is 19.2. The van der Waals surface area contributed by atoms with Crippen LogP contribution in [-0.4, -0.2) is 36.1 Å². The molecule has 1 aromatic heterocycles. The first-order valence-electron chi connectivity index (χ1n) is 10.5. The largest absolute Gasteiger partial charge is 0.497 e. The minimum absolute atomic E-state index is 0.0391. The Morgan fingerprint density at radius 2 is 2.03 bits per heavy atom. The average Bonchev–Trinajstić information content (AvgIpc) is 2.84. The first-order chi connectivity index (χ1) is 16.0. The van der Waals surface area contributed by atoms with Gasteiger partial charge in [-0.3, -0.25) is 4.79 Å². The molecule has 0 bridgehead atoms. The van der Waals surface area contributed by atoms with E-state index in [0.29, 0.717) is 35.9 Å². The number of carbonyl (C=O) groups is 1. The molecule has 1 atom stereocenters. The van der Waals surface area contributed by atoms with Crippen molar-refractivity contribution in [3.05, 3.63) is 59.9 Å². The molecule has 0 saturated carbocycles. The Hall–Kier alpha value is -4.19. The van der Waals surface area contributed by atoms with Crippen LogP contribution in [0.1, 0.15) is 18.4 Å². The number of nitrogens with zero attached hydrogens (tertiary/aromatic N) is 4. The highest BCUT2D eigenvalue weighted by Gasteiger charge is 2.27. The van der Waals surface area contributed by atoms with Gasteiger partial charge in [0.2, 0.25) is 11.9 Å². The van der Waals surface area contributed by atoms with Crippen LogP contribution < -0.4 is 20.7 Å². The molecule has 2 aromatic carbocycles. The molecule has 1 unspecified atom stereocenters. The van der Waals surface area contributed by atoms with Crippen LogP contribution in [0, 0.1) is 23.1 Å². The quantitative estimate of drug-likeness (QED) is 0.615. The van der Waals surface area contributed by atoms with Crippen LogP contribution >= 0.6 is 0 Å². The summed E-state index contributed by atoms with van der Waals surface area (Å²) in [7, 11) is 1.59. The molecule has 8 nitrogen and oxygen atoms in total. The minimum Gasteiger partial charge on any atom is -0.497 e. The number of ether oxygens (including phenoxy) is 1. The molecule has 1 aliphatic rings. The van der Waals surface area contributed by atoms with E-state index in [2.05, 4.69) is 15.3 Å². The molecule has 4 rings (SSSR count). The number of methoxy groups -OCH3 is 1. The molecule has 9 heteroatoms. The van der Waals surface area contributed by atoms with Crippen molar-refractivity contribution in [3.8, 4) is 23.1 Å². The van der Waals surface area contributed by atoms with Gasteiger partial charge < -0.3 is 20.7 Å². The van der Waals surface area contributed by atoms with Crippen LogP contribution in [0.5, 0.6) is 5.75 Å². The molecule has 168 valence electrons. The lowest BCUT2D eigenvalue weighted by Gasteiger charge is -2.33. The number of aromatic nitrogens is 2. The molecule has 1 amide bonds. The maximum absolute atomic E-state index is 14.1. The Labute approximate surface area is 190 Å². The molecule has 0 spiro atoms. The highest BCUT2D eigenvalue weighted by Crippen LogP contribution is 2.28. The predicted octanol–water partition coefficient (Wildman–Crippen LogP) is 3.60. The van der Waals surface area contributed by atoms with Gasteiger partial charge in [0.15, 0.2) is 0 Å². The van der Waals surface area contributed by atoms with E-state index in [1.807, 2.05) is 4.90 Å². The van der Waals surface area contributed by atoms with Crippen molar-refractivity contribution in [3.63, 3.8) is 0 Å². The number of nitriles is 1. The molecule has 1 saturated heterocycles. The van der Waals surface area contributed by atoms with Gasteiger partial charge in [-0.1, -0.05) is 6.07 Å². The number of amides is 1. The lowest BCUT2D eigenvalue weighted by Crippen LogP contribution is -2.41. The number of rotatable bonds is 5. The normalized spacial score (nSPS) is 15.5. The Kier molecular flexibility index (Phi) is 6.36. The fourth-order valence-corrected chi connectivity index (χ4v) is 3.85. The third-order valence-electron chi connectivity index (χ3n) is 5.59. The van der Waals surface area contributed by atoms with Gasteiger partial charge in [-0.2, -0.15) is 10.2 Å². The SMILES string of the molecule is COc1ccc(NC(=O)C2CCCN(c3cc(-c4ccc(C#N)c(F)c4)nc(N)n3)C2)cc1. The maximum Gasteiger partial charge on any atom is 0.229 e. The van der Waals surface area contributed by atoms with Crippen molar-refractivity contribution in [2.24, 2.45) is 5.92 Å². The van der Waals surface area contributed by atoms with E-state index in [1.165, 1.54) is 12.1 Å². The van der Waals surface area contributed by atoms with E-state index in [0.717, 1.165) is 18.6 Å². The summed E-state index contributed by atoms with van der Waals surface area (Å²) in [6.07, 6.45) is 1.57. The molecule has 0 radical (unpaired) electrons. The summed E-state index contributed by atoms with van der Waals surface area (Å²) in [5, 5.41) is 11.9. The summed E-state index contributed by atoms with van der Waals surface area (Å²) in [6, 6.07) is 15.0. The molecular formula is C24H23FN6O2. The van der Waals surface area contributed by atoms with E-state index in [9.17, 15) is 9.18 Å². The number of nitrogens with two attached hydrogens (primary N) is 1. The molecule has 2 heterocycles. The van der Waals surface area contributed by atoms with Gasteiger partial charge in [0.05, 0.1) is 24.3 Å². The second-order valence-electron chi connectivity index (χ2n) is 7.78. The molecule has 0 aliphatic carbocycles. The van der Waals surface area contributed by atoms with Gasteiger partial charge in [-0.15, -0.1) is 0 Å². The maximum atomic E-state index is 14.1. The van der Waals surface area contributed by atoms with Crippen molar-refractivity contribution >= 4 is 23.4 Å². The highest BCUT2D eigenvalue weighted by molar-refractivity contribution is 5.93. The summed E-state index contributed by atoms with van der Waals surface area (Å²) in [5.74, 6) is 0.425. The van der Waals surface area contributed by atoms with E-state index < -0.39 is 5.82 Å². The van der Waals surface area contributed by atoms with Crippen LogP contribution in [0.3, 0.4) is 0 Å². The standard InChI is InChI=1S/C24H23FN6O2/c1-33-19-8-6-18(7-9-19)28-23(32)17-3-2-10-31(14-17)22-12-21(29-24(27)30-22)15-4-5-16(13-26)20(25)11-15/h4-9,11-12,17H,2-3,10,14H2,1H3,(H,28,32)(H2,27,29,30). The lowest BCUT2D eigenvalue weighted by atomic mass is 9.97. The zero-order valence-electron chi connectivity index (χ0n) is 18.1. The van der Waals surface area contributed by atoms with Crippen molar-refractivity contribution in [1.29, 1.82) is 5.26 Å². The number of benzene rings is 2. The third-order valence-corrected chi connectivity index (χ3v) is 5.59. The molecule has 33 heavy (non-hydrogen) atoms. The highest BCUT2D eigenvalue weighted by atomic mass is 19.1. The first kappa shape index (κ1) is 22.0. The van der Waals surface area contributed by atoms with Crippen LogP contribution in [-0.2, 0) is 4.79 Å². The zero-order chi connectivity index (χ0) is 23.4. The van der Waals surface area contributed by atoms with Crippen LogP contribution in [0.2, 0.25) is 0 Å². The molecule has 1 fully saturated rings. The smallest absolute Gasteiger partial charge is 0.229 e. The molecule has 3 aromatic rings. The van der Waals surface area contributed by atoms with Gasteiger partial charge in [0.25, 0.3) is 0 Å². The number of nitrogen functional groups attached to an aromatic ring is 1. The van der Waals surface area contributed by atoms with Crippen LogP contribution in [0.15, 0.2) is 48.5 Å². The molecule has 3 N–H and O–H groups in total. The Balaban J connectivity index is 1.51. The first-order valence-corrected chi connectivity index (χ1v) is 10.5. The van der Waals surface area contributed by atoms with Gasteiger partial charge in [0, 0.05) is 30.4 Å². The summed E-state index contributed by atoms with van der Waals surface area (Å²) in [5.41, 5.74) is 7.54. The van der Waals surface area contributed by atoms with Gasteiger partial charge in [-0.25, -0.2) is 9.37 Å². The topological polar surface area (TPSA) is 117 Å². The van der Waals surface area contributed by atoms with Gasteiger partial charge in [0.1, 0.15) is 23.5 Å². The summed E-state index contributed by atoms with van der Waals surface area (Å²) in [4.78, 5) is 23.4. The van der Waals surface area contributed by atoms with E-state index in [1.54, 1.807) is 49.6 Å². The second-order valence-corrected chi connectivity index (χ2v) is 7.78. The van der Waals surface area contributed by atoms with Crippen molar-refractivity contribution in [1.82, 2.24) is 9.97 Å². The number of hydrogen-bond acceptors (Lipinski definition) is 7. The number of anilines is 3. The van der Waals surface area contributed by atoms with Crippen molar-refractivity contribution < 1.29 is 13.9 Å². The Morgan fingerprint density at radius 1 is 1.24 bits per heavy atom. The zero-order valence-corrected chi connectivity index (χ0v) is 18.1. The van der Waals surface area contributed by atoms with E-state index >= 15 is 0 Å². The lowest BCUT2D eigenvalue weighted by molar-refractivity contribution is -0.120. The third kappa shape index (κ3) is 5.01. The molecular weight excluding hydrogens is 423 g/mol. The summed E-state index contributed by atoms with van der Waals surface area (Å²) >= 11 is 0. The second kappa shape index (κ2) is 9.53. The number of piperidine rings is 1. The fourth-order valence-electron chi connectivity index (χ4n) is 3.85.